The number of aryl methyl sites for hydroxylation is 2. The number of esters is 1. The Morgan fingerprint density at radius 2 is 1.85 bits per heavy atom. The van der Waals surface area contributed by atoms with Crippen molar-refractivity contribution in [1.29, 1.82) is 0 Å². The summed E-state index contributed by atoms with van der Waals surface area (Å²) in [6, 6.07) is 12.2. The number of hydrogen-bond donors (Lipinski definition) is 0. The summed E-state index contributed by atoms with van der Waals surface area (Å²) < 4.78 is 35.1. The molecular formula is C21H24O5S. The van der Waals surface area contributed by atoms with Crippen molar-refractivity contribution < 1.29 is 22.1 Å². The van der Waals surface area contributed by atoms with Crippen LogP contribution in [0.3, 0.4) is 0 Å². The summed E-state index contributed by atoms with van der Waals surface area (Å²) in [5, 5.41) is 0. The molecule has 0 heterocycles. The molecule has 0 amide bonds. The molecule has 27 heavy (non-hydrogen) atoms. The standard InChI is InChI=1S/C21H24O5S/c1-3-25-21(22)18-9-8-17-7-6-16(12-19(17)13-18)14-26-27(23,24)20-10-4-15(2)5-11-20/h4-5,8-11,13,16H,3,6-7,12,14H2,1-2H3. The van der Waals surface area contributed by atoms with Gasteiger partial charge in [-0.3, -0.25) is 4.18 Å². The van der Waals surface area contributed by atoms with Crippen molar-refractivity contribution >= 4 is 16.1 Å². The summed E-state index contributed by atoms with van der Waals surface area (Å²) >= 11 is 0. The molecule has 6 heteroatoms. The maximum Gasteiger partial charge on any atom is 0.338 e. The fourth-order valence-corrected chi connectivity index (χ4v) is 4.25. The van der Waals surface area contributed by atoms with Gasteiger partial charge in [-0.2, -0.15) is 8.42 Å². The number of ether oxygens (including phenoxy) is 1. The third kappa shape index (κ3) is 4.76. The van der Waals surface area contributed by atoms with Crippen molar-refractivity contribution in [2.75, 3.05) is 13.2 Å². The van der Waals surface area contributed by atoms with Crippen molar-refractivity contribution in [3.05, 3.63) is 64.7 Å². The van der Waals surface area contributed by atoms with Crippen molar-refractivity contribution in [2.45, 2.75) is 38.0 Å². The SMILES string of the molecule is CCOC(=O)c1ccc2c(c1)CC(COS(=O)(=O)c1ccc(C)cc1)CC2. The highest BCUT2D eigenvalue weighted by molar-refractivity contribution is 7.86. The smallest absolute Gasteiger partial charge is 0.338 e. The molecular weight excluding hydrogens is 364 g/mol. The van der Waals surface area contributed by atoms with Crippen molar-refractivity contribution in [1.82, 2.24) is 0 Å². The molecule has 0 spiro atoms. The highest BCUT2D eigenvalue weighted by Crippen LogP contribution is 2.28. The summed E-state index contributed by atoms with van der Waals surface area (Å²) in [7, 11) is -3.76. The Balaban J connectivity index is 1.66. The number of benzene rings is 2. The van der Waals surface area contributed by atoms with Crippen LogP contribution in [0.25, 0.3) is 0 Å². The Kier molecular flexibility index (Phi) is 5.97. The molecule has 0 saturated carbocycles. The summed E-state index contributed by atoms with van der Waals surface area (Å²) in [5.74, 6) is -0.240. The molecule has 0 saturated heterocycles. The second-order valence-electron chi connectivity index (χ2n) is 6.86. The number of carbonyl (C=O) groups excluding carboxylic acids is 1. The van der Waals surface area contributed by atoms with E-state index in [0.29, 0.717) is 18.6 Å². The first-order valence-corrected chi connectivity index (χ1v) is 10.5. The van der Waals surface area contributed by atoms with Crippen molar-refractivity contribution in [3.63, 3.8) is 0 Å². The van der Waals surface area contributed by atoms with Crippen LogP contribution in [0.4, 0.5) is 0 Å². The Bertz CT molecular complexity index is 916. The van der Waals surface area contributed by atoms with E-state index in [4.69, 9.17) is 8.92 Å². The molecule has 0 bridgehead atoms. The largest absolute Gasteiger partial charge is 0.462 e. The second-order valence-corrected chi connectivity index (χ2v) is 8.48. The Morgan fingerprint density at radius 3 is 2.56 bits per heavy atom. The molecule has 0 radical (unpaired) electrons. The molecule has 2 aromatic rings. The van der Waals surface area contributed by atoms with E-state index in [2.05, 4.69) is 0 Å². The molecule has 0 aliphatic heterocycles. The van der Waals surface area contributed by atoms with Crippen LogP contribution in [0.1, 0.15) is 40.4 Å². The zero-order chi connectivity index (χ0) is 19.4. The fourth-order valence-electron chi connectivity index (χ4n) is 3.27. The van der Waals surface area contributed by atoms with Crippen molar-refractivity contribution in [3.8, 4) is 0 Å². The van der Waals surface area contributed by atoms with Crippen LogP contribution in [-0.2, 0) is 31.9 Å². The van der Waals surface area contributed by atoms with Crippen LogP contribution in [0.5, 0.6) is 0 Å². The molecule has 1 unspecified atom stereocenters. The van der Waals surface area contributed by atoms with E-state index in [1.165, 1.54) is 5.56 Å². The third-order valence-corrected chi connectivity index (χ3v) is 6.11. The summed E-state index contributed by atoms with van der Waals surface area (Å²) in [5.41, 5.74) is 3.79. The van der Waals surface area contributed by atoms with Gasteiger partial charge in [0.25, 0.3) is 10.1 Å². The maximum absolute atomic E-state index is 12.4. The van der Waals surface area contributed by atoms with E-state index in [1.54, 1.807) is 37.3 Å². The lowest BCUT2D eigenvalue weighted by molar-refractivity contribution is 0.0526. The Labute approximate surface area is 160 Å². The average Bonchev–Trinajstić information content (AvgIpc) is 2.66. The quantitative estimate of drug-likeness (QED) is 0.558. The highest BCUT2D eigenvalue weighted by atomic mass is 32.2. The molecule has 1 aliphatic rings. The maximum atomic E-state index is 12.4. The lowest BCUT2D eigenvalue weighted by Gasteiger charge is -2.24. The Hall–Kier alpha value is -2.18. The highest BCUT2D eigenvalue weighted by Gasteiger charge is 2.23. The molecule has 1 atom stereocenters. The van der Waals surface area contributed by atoms with Crippen LogP contribution in [-0.4, -0.2) is 27.6 Å². The van der Waals surface area contributed by atoms with Crippen LogP contribution in [0.2, 0.25) is 0 Å². The number of fused-ring (bicyclic) bond motifs is 1. The van der Waals surface area contributed by atoms with Gasteiger partial charge in [-0.15, -0.1) is 0 Å². The topological polar surface area (TPSA) is 69.7 Å². The normalized spacial score (nSPS) is 16.6. The first-order chi connectivity index (χ1) is 12.9. The zero-order valence-electron chi connectivity index (χ0n) is 15.6. The molecule has 0 fully saturated rings. The molecule has 3 rings (SSSR count). The fraction of sp³-hybridized carbons (Fsp3) is 0.381. The number of rotatable bonds is 6. The molecule has 5 nitrogen and oxygen atoms in total. The molecule has 0 N–H and O–H groups in total. The van der Waals surface area contributed by atoms with Crippen LogP contribution in [0.15, 0.2) is 47.4 Å². The third-order valence-electron chi connectivity index (χ3n) is 4.82. The van der Waals surface area contributed by atoms with E-state index < -0.39 is 10.1 Å². The van der Waals surface area contributed by atoms with Crippen LogP contribution < -0.4 is 0 Å². The predicted octanol–water partition coefficient (Wildman–Crippen LogP) is 3.68. The predicted molar refractivity (Wildman–Crippen MR) is 102 cm³/mol. The van der Waals surface area contributed by atoms with E-state index in [0.717, 1.165) is 24.0 Å². The van der Waals surface area contributed by atoms with Gasteiger partial charge in [0.1, 0.15) is 0 Å². The molecule has 144 valence electrons. The summed E-state index contributed by atoms with van der Waals surface area (Å²) in [4.78, 5) is 12.1. The van der Waals surface area contributed by atoms with Gasteiger partial charge in [0.05, 0.1) is 23.7 Å². The first-order valence-electron chi connectivity index (χ1n) is 9.14. The van der Waals surface area contributed by atoms with Gasteiger partial charge in [0.2, 0.25) is 0 Å². The molecule has 1 aliphatic carbocycles. The molecule has 0 aromatic heterocycles. The minimum Gasteiger partial charge on any atom is -0.462 e. The monoisotopic (exact) mass is 388 g/mol. The minimum absolute atomic E-state index is 0.0927. The number of hydrogen-bond acceptors (Lipinski definition) is 5. The Morgan fingerprint density at radius 1 is 1.11 bits per heavy atom. The van der Waals surface area contributed by atoms with E-state index in [-0.39, 0.29) is 23.4 Å². The van der Waals surface area contributed by atoms with Gasteiger partial charge in [-0.1, -0.05) is 23.8 Å². The average molecular weight is 388 g/mol. The first kappa shape index (κ1) is 19.6. The van der Waals surface area contributed by atoms with Crippen LogP contribution >= 0.6 is 0 Å². The lowest BCUT2D eigenvalue weighted by atomic mass is 9.83. The van der Waals surface area contributed by atoms with E-state index in [1.807, 2.05) is 19.1 Å². The van der Waals surface area contributed by atoms with Gasteiger partial charge in [-0.25, -0.2) is 4.79 Å². The number of carbonyl (C=O) groups is 1. The van der Waals surface area contributed by atoms with Gasteiger partial charge in [0.15, 0.2) is 0 Å². The molecule has 2 aromatic carbocycles. The van der Waals surface area contributed by atoms with E-state index >= 15 is 0 Å². The van der Waals surface area contributed by atoms with Gasteiger partial charge in [-0.05, 0) is 74.4 Å². The van der Waals surface area contributed by atoms with Crippen molar-refractivity contribution in [2.24, 2.45) is 5.92 Å². The lowest BCUT2D eigenvalue weighted by Crippen LogP contribution is -2.22. The van der Waals surface area contributed by atoms with Gasteiger partial charge < -0.3 is 4.74 Å². The van der Waals surface area contributed by atoms with Crippen LogP contribution in [0, 0.1) is 12.8 Å². The summed E-state index contributed by atoms with van der Waals surface area (Å²) in [6.07, 6.45) is 2.39. The van der Waals surface area contributed by atoms with Gasteiger partial charge >= 0.3 is 5.97 Å². The minimum atomic E-state index is -3.76. The zero-order valence-corrected chi connectivity index (χ0v) is 16.4. The van der Waals surface area contributed by atoms with Gasteiger partial charge in [0, 0.05) is 0 Å². The summed E-state index contributed by atoms with van der Waals surface area (Å²) in [6.45, 7) is 4.15. The second kappa shape index (κ2) is 8.23. The van der Waals surface area contributed by atoms with E-state index in [9.17, 15) is 13.2 Å².